The van der Waals surface area contributed by atoms with Gasteiger partial charge in [0, 0.05) is 13.1 Å². The number of Topliss-reactive ketones (excluding diaryl/α,β-unsaturated/α-hetero) is 1. The van der Waals surface area contributed by atoms with Crippen molar-refractivity contribution in [3.63, 3.8) is 0 Å². The fourth-order valence-corrected chi connectivity index (χ4v) is 3.66. The molecular formula is C22H26N2O4. The van der Waals surface area contributed by atoms with Crippen molar-refractivity contribution in [2.45, 2.75) is 26.8 Å². The molecule has 0 fully saturated rings. The minimum atomic E-state index is -0.637. The number of furan rings is 1. The number of nitrogens with zero attached hydrogens (tertiary/aromatic N) is 2. The van der Waals surface area contributed by atoms with Crippen molar-refractivity contribution in [1.29, 1.82) is 0 Å². The zero-order chi connectivity index (χ0) is 20.3. The van der Waals surface area contributed by atoms with Crippen LogP contribution < -0.4 is 0 Å². The predicted octanol–water partition coefficient (Wildman–Crippen LogP) is 3.51. The molecule has 6 nitrogen and oxygen atoms in total. The fourth-order valence-electron chi connectivity index (χ4n) is 3.66. The van der Waals surface area contributed by atoms with Crippen LogP contribution >= 0.6 is 0 Å². The highest BCUT2D eigenvalue weighted by Crippen LogP contribution is 2.40. The number of benzene rings is 1. The second kappa shape index (κ2) is 8.44. The van der Waals surface area contributed by atoms with E-state index in [-0.39, 0.29) is 11.3 Å². The largest absolute Gasteiger partial charge is 0.503 e. The Hall–Kier alpha value is -2.86. The van der Waals surface area contributed by atoms with E-state index in [4.69, 9.17) is 4.42 Å². The first-order chi connectivity index (χ1) is 13.5. The summed E-state index contributed by atoms with van der Waals surface area (Å²) in [6.45, 7) is 8.88. The maximum Gasteiger partial charge on any atom is 0.290 e. The third-order valence-corrected chi connectivity index (χ3v) is 5.33. The third-order valence-electron chi connectivity index (χ3n) is 5.33. The van der Waals surface area contributed by atoms with Crippen molar-refractivity contribution in [2.75, 3.05) is 26.2 Å². The number of hydrogen-bond acceptors (Lipinski definition) is 5. The summed E-state index contributed by atoms with van der Waals surface area (Å²) in [6, 6.07) is 10.1. The van der Waals surface area contributed by atoms with Crippen LogP contribution in [-0.4, -0.2) is 52.8 Å². The Morgan fingerprint density at radius 3 is 2.50 bits per heavy atom. The van der Waals surface area contributed by atoms with Crippen LogP contribution in [0.15, 0.2) is 58.4 Å². The maximum absolute atomic E-state index is 13.1. The number of amides is 1. The molecule has 0 aliphatic carbocycles. The SMILES string of the molecule is CCN(CC)CCN1C(=O)C(O)=C(C(=O)c2ccco2)C1c1ccccc1C. The Balaban J connectivity index is 2.03. The van der Waals surface area contributed by atoms with Gasteiger partial charge in [-0.25, -0.2) is 0 Å². The van der Waals surface area contributed by atoms with Gasteiger partial charge < -0.3 is 19.3 Å². The average molecular weight is 382 g/mol. The van der Waals surface area contributed by atoms with Gasteiger partial charge in [0.05, 0.1) is 17.9 Å². The Bertz CT molecular complexity index is 882. The zero-order valence-electron chi connectivity index (χ0n) is 16.5. The first-order valence-corrected chi connectivity index (χ1v) is 9.59. The molecule has 2 heterocycles. The van der Waals surface area contributed by atoms with Gasteiger partial charge in [-0.05, 0) is 43.3 Å². The first kappa shape index (κ1) is 19.9. The highest BCUT2D eigenvalue weighted by molar-refractivity contribution is 6.15. The smallest absolute Gasteiger partial charge is 0.290 e. The molecule has 0 bridgehead atoms. The summed E-state index contributed by atoms with van der Waals surface area (Å²) in [4.78, 5) is 29.7. The number of aliphatic hydroxyl groups excluding tert-OH is 1. The Morgan fingerprint density at radius 1 is 1.18 bits per heavy atom. The van der Waals surface area contributed by atoms with E-state index in [1.807, 2.05) is 31.2 Å². The molecular weight excluding hydrogens is 356 g/mol. The average Bonchev–Trinajstić information content (AvgIpc) is 3.31. The monoisotopic (exact) mass is 382 g/mol. The number of rotatable bonds is 8. The number of carbonyl (C=O) groups is 2. The van der Waals surface area contributed by atoms with Crippen LogP contribution in [0.1, 0.15) is 41.6 Å². The molecule has 6 heteroatoms. The Morgan fingerprint density at radius 2 is 1.89 bits per heavy atom. The lowest BCUT2D eigenvalue weighted by Crippen LogP contribution is -2.38. The first-order valence-electron chi connectivity index (χ1n) is 9.59. The zero-order valence-corrected chi connectivity index (χ0v) is 16.5. The molecule has 0 radical (unpaired) electrons. The molecule has 0 saturated carbocycles. The van der Waals surface area contributed by atoms with Crippen LogP contribution in [-0.2, 0) is 4.79 Å². The van der Waals surface area contributed by atoms with Crippen molar-refractivity contribution in [1.82, 2.24) is 9.80 Å². The molecule has 1 aliphatic rings. The van der Waals surface area contributed by atoms with Gasteiger partial charge in [-0.1, -0.05) is 38.1 Å². The molecule has 1 atom stereocenters. The van der Waals surface area contributed by atoms with Crippen molar-refractivity contribution < 1.29 is 19.1 Å². The highest BCUT2D eigenvalue weighted by Gasteiger charge is 2.44. The van der Waals surface area contributed by atoms with Crippen LogP contribution in [0.5, 0.6) is 0 Å². The molecule has 3 rings (SSSR count). The van der Waals surface area contributed by atoms with E-state index in [0.717, 1.165) is 24.2 Å². The van der Waals surface area contributed by atoms with Crippen molar-refractivity contribution in [2.24, 2.45) is 0 Å². The number of aryl methyl sites for hydroxylation is 1. The van der Waals surface area contributed by atoms with Gasteiger partial charge in [-0.15, -0.1) is 0 Å². The summed E-state index contributed by atoms with van der Waals surface area (Å²) in [5.74, 6) is -1.36. The van der Waals surface area contributed by atoms with Crippen LogP contribution in [0.2, 0.25) is 0 Å². The molecule has 0 saturated heterocycles. The molecule has 1 unspecified atom stereocenters. The van der Waals surface area contributed by atoms with Crippen LogP contribution in [0.3, 0.4) is 0 Å². The molecule has 1 aliphatic heterocycles. The van der Waals surface area contributed by atoms with Gasteiger partial charge in [0.25, 0.3) is 5.91 Å². The maximum atomic E-state index is 13.1. The van der Waals surface area contributed by atoms with E-state index in [9.17, 15) is 14.7 Å². The Labute approximate surface area is 165 Å². The van der Waals surface area contributed by atoms with E-state index in [2.05, 4.69) is 18.7 Å². The quantitative estimate of drug-likeness (QED) is 0.707. The molecule has 1 aromatic carbocycles. The van der Waals surface area contributed by atoms with Crippen molar-refractivity contribution >= 4 is 11.7 Å². The molecule has 1 aromatic heterocycles. The summed E-state index contributed by atoms with van der Waals surface area (Å²) in [7, 11) is 0. The second-order valence-electron chi connectivity index (χ2n) is 6.85. The lowest BCUT2D eigenvalue weighted by Gasteiger charge is -2.30. The predicted molar refractivity (Wildman–Crippen MR) is 106 cm³/mol. The van der Waals surface area contributed by atoms with E-state index in [1.54, 1.807) is 17.0 Å². The summed E-state index contributed by atoms with van der Waals surface area (Å²) in [6.07, 6.45) is 1.41. The Kier molecular flexibility index (Phi) is 5.99. The normalized spacial score (nSPS) is 17.1. The molecule has 1 amide bonds. The lowest BCUT2D eigenvalue weighted by atomic mass is 9.92. The number of carbonyl (C=O) groups excluding carboxylic acids is 2. The summed E-state index contributed by atoms with van der Waals surface area (Å²) in [5.41, 5.74) is 1.86. The number of ketones is 1. The van der Waals surface area contributed by atoms with E-state index < -0.39 is 23.5 Å². The molecule has 1 N–H and O–H groups in total. The summed E-state index contributed by atoms with van der Waals surface area (Å²) >= 11 is 0. The van der Waals surface area contributed by atoms with Crippen LogP contribution in [0, 0.1) is 6.92 Å². The summed E-state index contributed by atoms with van der Waals surface area (Å²) in [5, 5.41) is 10.6. The van der Waals surface area contributed by atoms with E-state index in [1.165, 1.54) is 6.26 Å². The van der Waals surface area contributed by atoms with E-state index in [0.29, 0.717) is 13.1 Å². The highest BCUT2D eigenvalue weighted by atomic mass is 16.3. The van der Waals surface area contributed by atoms with Gasteiger partial charge in [0.2, 0.25) is 5.78 Å². The molecule has 148 valence electrons. The fraction of sp³-hybridized carbons (Fsp3) is 0.364. The van der Waals surface area contributed by atoms with Gasteiger partial charge in [-0.3, -0.25) is 9.59 Å². The van der Waals surface area contributed by atoms with Gasteiger partial charge >= 0.3 is 0 Å². The second-order valence-corrected chi connectivity index (χ2v) is 6.85. The minimum Gasteiger partial charge on any atom is -0.503 e. The van der Waals surface area contributed by atoms with Crippen LogP contribution in [0.25, 0.3) is 0 Å². The molecule has 28 heavy (non-hydrogen) atoms. The number of aliphatic hydroxyl groups is 1. The number of hydrogen-bond donors (Lipinski definition) is 1. The molecule has 0 spiro atoms. The van der Waals surface area contributed by atoms with E-state index >= 15 is 0 Å². The minimum absolute atomic E-state index is 0.0776. The van der Waals surface area contributed by atoms with Crippen LogP contribution in [0.4, 0.5) is 0 Å². The standard InChI is InChI=1S/C22H26N2O4/c1-4-23(5-2)12-13-24-19(16-10-7-6-9-15(16)3)18(21(26)22(24)27)20(25)17-11-8-14-28-17/h6-11,14,19,26H,4-5,12-13H2,1-3H3. The molecule has 2 aromatic rings. The lowest BCUT2D eigenvalue weighted by molar-refractivity contribution is -0.129. The topological polar surface area (TPSA) is 74.0 Å². The van der Waals surface area contributed by atoms with Crippen molar-refractivity contribution in [3.8, 4) is 0 Å². The van der Waals surface area contributed by atoms with Gasteiger partial charge in [-0.2, -0.15) is 0 Å². The van der Waals surface area contributed by atoms with Gasteiger partial charge in [0.1, 0.15) is 0 Å². The summed E-state index contributed by atoms with van der Waals surface area (Å²) < 4.78 is 5.24. The van der Waals surface area contributed by atoms with Gasteiger partial charge in [0.15, 0.2) is 11.5 Å². The third kappa shape index (κ3) is 3.60. The number of likely N-dealkylation sites (N-methyl/N-ethyl adjacent to an activating group) is 1. The van der Waals surface area contributed by atoms with Crippen molar-refractivity contribution in [3.05, 3.63) is 70.9 Å².